The largest absolute Gasteiger partial charge is 0.493 e. The molecule has 32 heavy (non-hydrogen) atoms. The molecule has 0 spiro atoms. The predicted molar refractivity (Wildman–Crippen MR) is 120 cm³/mol. The first-order valence-corrected chi connectivity index (χ1v) is 9.52. The highest BCUT2D eigenvalue weighted by Gasteiger charge is 2.22. The third-order valence-electron chi connectivity index (χ3n) is 4.21. The molecule has 164 valence electrons. The van der Waals surface area contributed by atoms with Gasteiger partial charge in [0, 0.05) is 28.8 Å². The van der Waals surface area contributed by atoms with Gasteiger partial charge in [0.2, 0.25) is 5.75 Å². The maximum Gasteiger partial charge on any atom is 0.315 e. The highest BCUT2D eigenvalue weighted by Crippen LogP contribution is 2.38. The van der Waals surface area contributed by atoms with Crippen LogP contribution in [0.5, 0.6) is 11.5 Å². The minimum absolute atomic E-state index is 0.0266. The van der Waals surface area contributed by atoms with Crippen molar-refractivity contribution in [2.75, 3.05) is 12.5 Å². The second-order valence-corrected chi connectivity index (χ2v) is 6.86. The molecule has 0 unspecified atom stereocenters. The fourth-order valence-electron chi connectivity index (χ4n) is 2.77. The van der Waals surface area contributed by atoms with Crippen molar-refractivity contribution in [2.24, 2.45) is 5.10 Å². The van der Waals surface area contributed by atoms with Gasteiger partial charge < -0.3 is 9.47 Å². The minimum atomic E-state index is -0.582. The van der Waals surface area contributed by atoms with E-state index in [1.165, 1.54) is 43.7 Å². The van der Waals surface area contributed by atoms with E-state index in [0.717, 1.165) is 5.56 Å². The fraction of sp³-hybridized carbons (Fsp3) is 0.0952. The molecule has 0 aromatic heterocycles. The summed E-state index contributed by atoms with van der Waals surface area (Å²) in [4.78, 5) is 21.4. The average molecular weight is 457 g/mol. The van der Waals surface area contributed by atoms with Gasteiger partial charge in [-0.3, -0.25) is 25.7 Å². The van der Waals surface area contributed by atoms with Gasteiger partial charge in [0.05, 0.1) is 28.9 Å². The van der Waals surface area contributed by atoms with Crippen LogP contribution in [0.25, 0.3) is 0 Å². The lowest BCUT2D eigenvalue weighted by atomic mass is 10.1. The van der Waals surface area contributed by atoms with E-state index in [9.17, 15) is 20.2 Å². The summed E-state index contributed by atoms with van der Waals surface area (Å²) in [5.74, 6) is 0.124. The number of halogens is 1. The zero-order chi connectivity index (χ0) is 23.1. The number of nitro groups is 2. The first-order valence-electron chi connectivity index (χ1n) is 9.14. The summed E-state index contributed by atoms with van der Waals surface area (Å²) in [7, 11) is 1.37. The summed E-state index contributed by atoms with van der Waals surface area (Å²) >= 11 is 5.96. The van der Waals surface area contributed by atoms with Gasteiger partial charge in [0.25, 0.3) is 5.69 Å². The first-order chi connectivity index (χ1) is 15.4. The summed E-state index contributed by atoms with van der Waals surface area (Å²) in [5.41, 5.74) is 3.74. The molecule has 0 fully saturated rings. The molecule has 0 atom stereocenters. The molecule has 11 heteroatoms. The number of rotatable bonds is 9. The van der Waals surface area contributed by atoms with Crippen molar-refractivity contribution < 1.29 is 19.3 Å². The Morgan fingerprint density at radius 3 is 2.53 bits per heavy atom. The van der Waals surface area contributed by atoms with Gasteiger partial charge >= 0.3 is 5.69 Å². The number of nitrogens with one attached hydrogen (secondary N) is 1. The van der Waals surface area contributed by atoms with E-state index < -0.39 is 9.85 Å². The number of ether oxygens (including phenoxy) is 2. The molecule has 0 heterocycles. The number of hydrazone groups is 1. The molecule has 1 N–H and O–H groups in total. The number of anilines is 1. The van der Waals surface area contributed by atoms with Gasteiger partial charge in [-0.1, -0.05) is 29.8 Å². The maximum absolute atomic E-state index is 11.6. The van der Waals surface area contributed by atoms with Crippen LogP contribution in [0.2, 0.25) is 5.02 Å². The lowest BCUT2D eigenvalue weighted by Gasteiger charge is -2.12. The molecule has 0 aliphatic rings. The molecule has 3 aromatic rings. The fourth-order valence-corrected chi connectivity index (χ4v) is 2.98. The van der Waals surface area contributed by atoms with Crippen molar-refractivity contribution in [1.29, 1.82) is 0 Å². The molecule has 0 radical (unpaired) electrons. The summed E-state index contributed by atoms with van der Waals surface area (Å²) in [5, 5.41) is 27.0. The van der Waals surface area contributed by atoms with Crippen LogP contribution in [0.3, 0.4) is 0 Å². The van der Waals surface area contributed by atoms with Crippen molar-refractivity contribution >= 4 is 34.9 Å². The molecule has 10 nitrogen and oxygen atoms in total. The number of non-ortho nitro benzene ring substituents is 1. The van der Waals surface area contributed by atoms with Gasteiger partial charge in [-0.15, -0.1) is 0 Å². The Labute approximate surface area is 187 Å². The number of nitrogens with zero attached hydrogens (tertiary/aromatic N) is 3. The van der Waals surface area contributed by atoms with Crippen molar-refractivity contribution in [3.63, 3.8) is 0 Å². The van der Waals surface area contributed by atoms with E-state index in [1.54, 1.807) is 30.3 Å². The Kier molecular flexibility index (Phi) is 7.19. The van der Waals surface area contributed by atoms with Crippen molar-refractivity contribution in [3.05, 3.63) is 97.0 Å². The number of hydrogen-bond acceptors (Lipinski definition) is 8. The van der Waals surface area contributed by atoms with Crippen LogP contribution in [-0.2, 0) is 6.61 Å². The predicted octanol–water partition coefficient (Wildman–Crippen LogP) is 5.19. The normalized spacial score (nSPS) is 10.7. The van der Waals surface area contributed by atoms with Crippen molar-refractivity contribution in [3.8, 4) is 11.5 Å². The number of hydrogen-bond donors (Lipinski definition) is 1. The van der Waals surface area contributed by atoms with Gasteiger partial charge in [0.15, 0.2) is 5.75 Å². The number of benzene rings is 3. The summed E-state index contributed by atoms with van der Waals surface area (Å²) in [6.45, 7) is 0.0551. The third-order valence-corrected chi connectivity index (χ3v) is 4.45. The molecule has 0 aliphatic heterocycles. The van der Waals surface area contributed by atoms with E-state index in [4.69, 9.17) is 21.1 Å². The van der Waals surface area contributed by atoms with E-state index >= 15 is 0 Å². The van der Waals surface area contributed by atoms with E-state index in [1.807, 2.05) is 0 Å². The van der Waals surface area contributed by atoms with Gasteiger partial charge in [-0.05, 0) is 29.8 Å². The molecule has 0 aliphatic carbocycles. The van der Waals surface area contributed by atoms with E-state index in [0.29, 0.717) is 16.3 Å². The van der Waals surface area contributed by atoms with Crippen LogP contribution < -0.4 is 14.9 Å². The van der Waals surface area contributed by atoms with E-state index in [2.05, 4.69) is 10.5 Å². The molecule has 3 rings (SSSR count). The highest BCUT2D eigenvalue weighted by atomic mass is 35.5. The molecule has 0 bridgehead atoms. The van der Waals surface area contributed by atoms with Crippen LogP contribution >= 0.6 is 11.6 Å². The van der Waals surface area contributed by atoms with Gasteiger partial charge in [0.1, 0.15) is 6.61 Å². The summed E-state index contributed by atoms with van der Waals surface area (Å²) in [6, 6.07) is 15.5. The van der Waals surface area contributed by atoms with Crippen LogP contribution in [0, 0.1) is 20.2 Å². The van der Waals surface area contributed by atoms with Crippen LogP contribution in [0.1, 0.15) is 11.1 Å². The monoisotopic (exact) mass is 456 g/mol. The smallest absolute Gasteiger partial charge is 0.315 e. The summed E-state index contributed by atoms with van der Waals surface area (Å²) < 4.78 is 11.0. The zero-order valence-corrected chi connectivity index (χ0v) is 17.5. The Morgan fingerprint density at radius 1 is 1.06 bits per heavy atom. The lowest BCUT2D eigenvalue weighted by Crippen LogP contribution is -2.03. The van der Waals surface area contributed by atoms with Gasteiger partial charge in [-0.2, -0.15) is 5.10 Å². The Balaban J connectivity index is 1.82. The minimum Gasteiger partial charge on any atom is -0.493 e. The molecule has 3 aromatic carbocycles. The average Bonchev–Trinajstić information content (AvgIpc) is 2.77. The standard InChI is InChI=1S/C21H17ClN4O6/c1-31-20-10-15(12-23-24-17-6-3-7-18(11-17)25(27)28)9-19(26(29)30)21(20)32-13-14-4-2-5-16(22)8-14/h2-12,24H,13H2,1H3. The lowest BCUT2D eigenvalue weighted by molar-refractivity contribution is -0.386. The second kappa shape index (κ2) is 10.2. The summed E-state index contributed by atoms with van der Waals surface area (Å²) in [6.07, 6.45) is 1.33. The molecular formula is C21H17ClN4O6. The van der Waals surface area contributed by atoms with E-state index in [-0.39, 0.29) is 29.5 Å². The van der Waals surface area contributed by atoms with Crippen LogP contribution in [0.4, 0.5) is 17.1 Å². The van der Waals surface area contributed by atoms with Crippen LogP contribution in [0.15, 0.2) is 65.8 Å². The highest BCUT2D eigenvalue weighted by molar-refractivity contribution is 6.30. The molecular weight excluding hydrogens is 440 g/mol. The maximum atomic E-state index is 11.6. The number of methoxy groups -OCH3 is 1. The Hall–Kier alpha value is -4.18. The SMILES string of the molecule is COc1cc(C=NNc2cccc([N+](=O)[O-])c2)cc([N+](=O)[O-])c1OCc1cccc(Cl)c1. The van der Waals surface area contributed by atoms with Crippen LogP contribution in [-0.4, -0.2) is 23.2 Å². The molecule has 0 amide bonds. The zero-order valence-electron chi connectivity index (χ0n) is 16.7. The first kappa shape index (κ1) is 22.5. The molecule has 0 saturated heterocycles. The van der Waals surface area contributed by atoms with Gasteiger partial charge in [-0.25, -0.2) is 0 Å². The van der Waals surface area contributed by atoms with Crippen molar-refractivity contribution in [1.82, 2.24) is 0 Å². The molecule has 0 saturated carbocycles. The third kappa shape index (κ3) is 5.70. The quantitative estimate of drug-likeness (QED) is 0.266. The van der Waals surface area contributed by atoms with Crippen molar-refractivity contribution in [2.45, 2.75) is 6.61 Å². The second-order valence-electron chi connectivity index (χ2n) is 6.42. The Bertz CT molecular complexity index is 1180. The number of nitro benzene ring substituents is 2. The Morgan fingerprint density at radius 2 is 1.84 bits per heavy atom. The topological polar surface area (TPSA) is 129 Å².